The summed E-state index contributed by atoms with van der Waals surface area (Å²) in [6.07, 6.45) is 8.98. The molecule has 5 nitrogen and oxygen atoms in total. The maximum atomic E-state index is 13.0. The van der Waals surface area contributed by atoms with Gasteiger partial charge in [-0.3, -0.25) is 9.78 Å². The van der Waals surface area contributed by atoms with Crippen LogP contribution in [0.15, 0.2) is 54.9 Å². The number of amides is 1. The highest BCUT2D eigenvalue weighted by Crippen LogP contribution is 2.26. The highest BCUT2D eigenvalue weighted by molar-refractivity contribution is 5.82. The van der Waals surface area contributed by atoms with Crippen LogP contribution in [0.3, 0.4) is 0 Å². The Hall–Kier alpha value is -2.24. The maximum Gasteiger partial charge on any atom is 0.241 e. The van der Waals surface area contributed by atoms with Gasteiger partial charge in [-0.15, -0.1) is 0 Å². The van der Waals surface area contributed by atoms with E-state index in [0.717, 1.165) is 38.8 Å². The van der Waals surface area contributed by atoms with Crippen molar-refractivity contribution >= 4 is 5.91 Å². The van der Waals surface area contributed by atoms with Crippen LogP contribution in [0.4, 0.5) is 0 Å². The Morgan fingerprint density at radius 2 is 1.93 bits per heavy atom. The fraction of sp³-hybridized carbons (Fsp3) is 0.455. The second kappa shape index (κ2) is 8.63. The van der Waals surface area contributed by atoms with E-state index in [4.69, 9.17) is 0 Å². The molecule has 5 heteroatoms. The lowest BCUT2D eigenvalue weighted by Crippen LogP contribution is -2.49. The van der Waals surface area contributed by atoms with E-state index in [2.05, 4.69) is 51.1 Å². The smallest absolute Gasteiger partial charge is 0.241 e. The summed E-state index contributed by atoms with van der Waals surface area (Å²) in [5, 5.41) is 0. The molecule has 27 heavy (non-hydrogen) atoms. The zero-order valence-corrected chi connectivity index (χ0v) is 15.7. The van der Waals surface area contributed by atoms with E-state index in [1.165, 1.54) is 17.5 Å². The van der Waals surface area contributed by atoms with Gasteiger partial charge in [0.1, 0.15) is 6.04 Å². The van der Waals surface area contributed by atoms with Gasteiger partial charge in [-0.25, -0.2) is 10.9 Å². The molecule has 3 heterocycles. The molecule has 3 atom stereocenters. The topological polar surface area (TPSA) is 57.3 Å². The highest BCUT2D eigenvalue weighted by Gasteiger charge is 2.34. The highest BCUT2D eigenvalue weighted by atomic mass is 16.2. The normalized spacial score (nSPS) is 25.5. The lowest BCUT2D eigenvalue weighted by molar-refractivity contribution is -0.135. The molecule has 0 spiro atoms. The number of likely N-dealkylation sites (tertiary alicyclic amines) is 1. The molecule has 2 aromatic rings. The molecular formula is C22H28N4O. The first kappa shape index (κ1) is 18.1. The Morgan fingerprint density at radius 1 is 1.11 bits per heavy atom. The van der Waals surface area contributed by atoms with Crippen molar-refractivity contribution in [2.45, 2.75) is 44.2 Å². The van der Waals surface area contributed by atoms with Gasteiger partial charge in [-0.1, -0.05) is 30.3 Å². The molecule has 0 bridgehead atoms. The van der Waals surface area contributed by atoms with Crippen LogP contribution in [0.1, 0.15) is 42.9 Å². The molecule has 1 aromatic carbocycles. The number of piperidine rings is 1. The van der Waals surface area contributed by atoms with Crippen molar-refractivity contribution in [1.29, 1.82) is 0 Å². The summed E-state index contributed by atoms with van der Waals surface area (Å²) in [6, 6.07) is 14.7. The van der Waals surface area contributed by atoms with Gasteiger partial charge in [0.25, 0.3) is 0 Å². The third-order valence-electron chi connectivity index (χ3n) is 5.82. The lowest BCUT2D eigenvalue weighted by Gasteiger charge is -2.34. The molecule has 0 radical (unpaired) electrons. The molecule has 0 saturated carbocycles. The van der Waals surface area contributed by atoms with E-state index in [9.17, 15) is 4.79 Å². The number of carbonyl (C=O) groups excluding carboxylic acids is 1. The van der Waals surface area contributed by atoms with E-state index < -0.39 is 0 Å². The van der Waals surface area contributed by atoms with Gasteiger partial charge in [-0.05, 0) is 61.3 Å². The van der Waals surface area contributed by atoms with Crippen LogP contribution in [0, 0.1) is 5.92 Å². The summed E-state index contributed by atoms with van der Waals surface area (Å²) < 4.78 is 0. The number of rotatable bonds is 5. The molecule has 1 aromatic heterocycles. The van der Waals surface area contributed by atoms with Crippen molar-refractivity contribution in [3.8, 4) is 0 Å². The number of pyridine rings is 1. The Labute approximate surface area is 161 Å². The number of hydrogen-bond acceptors (Lipinski definition) is 4. The molecule has 0 aliphatic carbocycles. The summed E-state index contributed by atoms with van der Waals surface area (Å²) in [5.74, 6) is 0.844. The van der Waals surface area contributed by atoms with Gasteiger partial charge in [0.2, 0.25) is 5.91 Å². The molecule has 4 rings (SSSR count). The van der Waals surface area contributed by atoms with E-state index in [0.29, 0.717) is 5.92 Å². The van der Waals surface area contributed by atoms with Crippen molar-refractivity contribution in [2.75, 3.05) is 13.1 Å². The van der Waals surface area contributed by atoms with Crippen LogP contribution in [-0.2, 0) is 11.2 Å². The first-order valence-corrected chi connectivity index (χ1v) is 10.0. The number of carbonyl (C=O) groups is 1. The van der Waals surface area contributed by atoms with Crippen molar-refractivity contribution < 1.29 is 4.79 Å². The zero-order chi connectivity index (χ0) is 18.5. The predicted octanol–water partition coefficient (Wildman–Crippen LogP) is 2.86. The third kappa shape index (κ3) is 4.54. The molecule has 2 aliphatic heterocycles. The van der Waals surface area contributed by atoms with Crippen LogP contribution in [0.5, 0.6) is 0 Å². The fourth-order valence-electron chi connectivity index (χ4n) is 4.27. The number of hydrazine groups is 1. The van der Waals surface area contributed by atoms with Crippen LogP contribution >= 0.6 is 0 Å². The molecule has 1 amide bonds. The second-order valence-electron chi connectivity index (χ2n) is 7.73. The molecule has 2 N–H and O–H groups in total. The summed E-state index contributed by atoms with van der Waals surface area (Å²) in [7, 11) is 0. The van der Waals surface area contributed by atoms with Crippen LogP contribution in [0.25, 0.3) is 0 Å². The average Bonchev–Trinajstić information content (AvgIpc) is 3.24. The monoisotopic (exact) mass is 364 g/mol. The number of nitrogens with one attached hydrogen (secondary N) is 2. The second-order valence-corrected chi connectivity index (χ2v) is 7.73. The fourth-order valence-corrected chi connectivity index (χ4v) is 4.27. The Balaban J connectivity index is 1.30. The maximum absolute atomic E-state index is 13.0. The summed E-state index contributed by atoms with van der Waals surface area (Å²) in [5.41, 5.74) is 9.05. The summed E-state index contributed by atoms with van der Waals surface area (Å²) in [6.45, 7) is 1.78. The van der Waals surface area contributed by atoms with E-state index in [1.54, 1.807) is 12.4 Å². The number of aryl methyl sites for hydroxylation is 1. The minimum Gasteiger partial charge on any atom is -0.341 e. The molecule has 142 valence electrons. The summed E-state index contributed by atoms with van der Waals surface area (Å²) >= 11 is 0. The number of hydrogen-bond donors (Lipinski definition) is 2. The number of benzene rings is 1. The average molecular weight is 364 g/mol. The van der Waals surface area contributed by atoms with Crippen LogP contribution in [0.2, 0.25) is 0 Å². The Bertz CT molecular complexity index is 736. The van der Waals surface area contributed by atoms with E-state index >= 15 is 0 Å². The Morgan fingerprint density at radius 3 is 2.74 bits per heavy atom. The first-order valence-electron chi connectivity index (χ1n) is 10.0. The van der Waals surface area contributed by atoms with Gasteiger partial charge >= 0.3 is 0 Å². The van der Waals surface area contributed by atoms with Crippen molar-refractivity contribution in [1.82, 2.24) is 20.7 Å². The van der Waals surface area contributed by atoms with Gasteiger partial charge in [0.15, 0.2) is 0 Å². The minimum absolute atomic E-state index is 0.143. The van der Waals surface area contributed by atoms with Crippen LogP contribution < -0.4 is 10.9 Å². The SMILES string of the molecule is O=C(C1CC(c2ccncc2)NN1)N1CCCC(CCc2ccccc2)C1. The van der Waals surface area contributed by atoms with Gasteiger partial charge in [0.05, 0.1) is 0 Å². The number of nitrogens with zero attached hydrogens (tertiary/aromatic N) is 2. The minimum atomic E-state index is -0.143. The quantitative estimate of drug-likeness (QED) is 0.857. The predicted molar refractivity (Wildman–Crippen MR) is 106 cm³/mol. The van der Waals surface area contributed by atoms with E-state index in [-0.39, 0.29) is 18.0 Å². The third-order valence-corrected chi connectivity index (χ3v) is 5.82. The molecule has 2 fully saturated rings. The standard InChI is InChI=1S/C22H28N4O/c27-22(21-15-20(24-25-21)19-10-12-23-13-11-19)26-14-4-7-18(16-26)9-8-17-5-2-1-3-6-17/h1-3,5-6,10-13,18,20-21,24-25H,4,7-9,14-16H2. The van der Waals surface area contributed by atoms with E-state index in [1.807, 2.05) is 12.1 Å². The molecular weight excluding hydrogens is 336 g/mol. The largest absolute Gasteiger partial charge is 0.341 e. The van der Waals surface area contributed by atoms with Gasteiger partial charge in [0, 0.05) is 31.5 Å². The zero-order valence-electron chi connectivity index (χ0n) is 15.7. The first-order chi connectivity index (χ1) is 13.3. The van der Waals surface area contributed by atoms with Crippen molar-refractivity contribution in [2.24, 2.45) is 5.92 Å². The van der Waals surface area contributed by atoms with Crippen LogP contribution in [-0.4, -0.2) is 34.9 Å². The van der Waals surface area contributed by atoms with Crippen molar-refractivity contribution in [3.63, 3.8) is 0 Å². The number of aromatic nitrogens is 1. The van der Waals surface area contributed by atoms with Gasteiger partial charge < -0.3 is 4.90 Å². The van der Waals surface area contributed by atoms with Gasteiger partial charge in [-0.2, -0.15) is 0 Å². The lowest BCUT2D eigenvalue weighted by atomic mass is 9.91. The Kier molecular flexibility index (Phi) is 5.80. The summed E-state index contributed by atoms with van der Waals surface area (Å²) in [4.78, 5) is 19.2. The molecule has 2 aliphatic rings. The van der Waals surface area contributed by atoms with Crippen molar-refractivity contribution in [3.05, 3.63) is 66.0 Å². The molecule has 2 saturated heterocycles. The molecule has 3 unspecified atom stereocenters.